The molecule has 0 saturated carbocycles. The number of carbonyl (C=O) groups excluding carboxylic acids is 1. The minimum Gasteiger partial charge on any atom is -0.349 e. The number of alkyl halides is 1. The number of nitrogens with one attached hydrogen (secondary N) is 1. The van der Waals surface area contributed by atoms with E-state index in [-0.39, 0.29) is 17.8 Å². The molecule has 2 atom stereocenters. The second-order valence-electron chi connectivity index (χ2n) is 4.44. The van der Waals surface area contributed by atoms with Gasteiger partial charge in [-0.2, -0.15) is 4.39 Å². The van der Waals surface area contributed by atoms with E-state index in [1.807, 2.05) is 0 Å². The van der Waals surface area contributed by atoms with Crippen molar-refractivity contribution in [3.8, 4) is 0 Å². The fourth-order valence-electron chi connectivity index (χ4n) is 1.43. The van der Waals surface area contributed by atoms with E-state index in [0.717, 1.165) is 0 Å². The molecule has 0 saturated heterocycles. The van der Waals surface area contributed by atoms with E-state index in [1.165, 1.54) is 0 Å². The van der Waals surface area contributed by atoms with Crippen molar-refractivity contribution in [3.63, 3.8) is 0 Å². The molecule has 2 unspecified atom stereocenters. The van der Waals surface area contributed by atoms with Crippen LogP contribution in [0.4, 0.5) is 14.5 Å². The van der Waals surface area contributed by atoms with Crippen molar-refractivity contribution in [3.05, 3.63) is 39.4 Å². The zero-order valence-electron chi connectivity index (χ0n) is 10.8. The molecule has 5 nitrogen and oxygen atoms in total. The number of benzene rings is 1. The zero-order valence-corrected chi connectivity index (χ0v) is 11.6. The number of hydrogen-bond acceptors (Lipinski definition) is 3. The van der Waals surface area contributed by atoms with Crippen molar-refractivity contribution >= 4 is 23.2 Å². The topological polar surface area (TPSA) is 72.2 Å². The third kappa shape index (κ3) is 3.63. The Balaban J connectivity index is 3.07. The maximum atomic E-state index is 13.8. The Hall–Kier alpha value is -1.76. The van der Waals surface area contributed by atoms with Crippen LogP contribution >= 0.6 is 11.6 Å². The molecule has 0 aliphatic heterocycles. The molecular weight excluding hydrogens is 294 g/mol. The van der Waals surface area contributed by atoms with Crippen molar-refractivity contribution in [2.75, 3.05) is 5.88 Å². The first-order valence-corrected chi connectivity index (χ1v) is 6.31. The number of halogens is 3. The highest BCUT2D eigenvalue weighted by Crippen LogP contribution is 2.22. The number of hydrogen-bond donors (Lipinski definition) is 1. The van der Waals surface area contributed by atoms with Crippen molar-refractivity contribution in [2.45, 2.75) is 19.9 Å². The summed E-state index contributed by atoms with van der Waals surface area (Å²) >= 11 is 5.62. The number of nitrogens with zero attached hydrogens (tertiary/aromatic N) is 1. The van der Waals surface area contributed by atoms with Gasteiger partial charge in [-0.3, -0.25) is 14.9 Å². The molecule has 0 bridgehead atoms. The summed E-state index contributed by atoms with van der Waals surface area (Å²) in [6.07, 6.45) is 0. The van der Waals surface area contributed by atoms with E-state index in [0.29, 0.717) is 12.1 Å². The Morgan fingerprint density at radius 2 is 2.05 bits per heavy atom. The lowest BCUT2D eigenvalue weighted by Gasteiger charge is -2.19. The molecule has 1 aromatic rings. The normalized spacial score (nSPS) is 13.7. The van der Waals surface area contributed by atoms with Crippen LogP contribution in [0.5, 0.6) is 0 Å². The van der Waals surface area contributed by atoms with Gasteiger partial charge in [-0.1, -0.05) is 6.92 Å². The molecule has 0 fully saturated rings. The first kappa shape index (κ1) is 16.3. The summed E-state index contributed by atoms with van der Waals surface area (Å²) in [5, 5.41) is 13.0. The smallest absolute Gasteiger partial charge is 0.308 e. The monoisotopic (exact) mass is 306 g/mol. The number of amides is 1. The highest BCUT2D eigenvalue weighted by Gasteiger charge is 2.25. The third-order valence-electron chi connectivity index (χ3n) is 2.92. The van der Waals surface area contributed by atoms with Crippen LogP contribution < -0.4 is 5.32 Å². The maximum Gasteiger partial charge on any atom is 0.308 e. The molecule has 0 aromatic heterocycles. The summed E-state index contributed by atoms with van der Waals surface area (Å²) < 4.78 is 27.0. The predicted octanol–water partition coefficient (Wildman–Crippen LogP) is 2.87. The first-order chi connectivity index (χ1) is 9.27. The number of carbonyl (C=O) groups is 1. The Bertz CT molecular complexity index is 540. The van der Waals surface area contributed by atoms with E-state index < -0.39 is 33.7 Å². The summed E-state index contributed by atoms with van der Waals surface area (Å²) in [4.78, 5) is 21.3. The molecule has 1 amide bonds. The van der Waals surface area contributed by atoms with Gasteiger partial charge < -0.3 is 5.32 Å². The minimum atomic E-state index is -1.36. The average Bonchev–Trinajstić information content (AvgIpc) is 2.39. The minimum absolute atomic E-state index is 0.0905. The first-order valence-electron chi connectivity index (χ1n) is 5.78. The standard InChI is InChI=1S/C12H13ClF2N2O3/c1-6(5-13)7(2)16-12(18)9-3-8(14)4-10(11(9)15)17(19)20/h3-4,6-7H,5H2,1-2H3,(H,16,18). The fraction of sp³-hybridized carbons (Fsp3) is 0.417. The Morgan fingerprint density at radius 3 is 2.55 bits per heavy atom. The summed E-state index contributed by atoms with van der Waals surface area (Å²) in [5.74, 6) is -3.16. The summed E-state index contributed by atoms with van der Waals surface area (Å²) in [5.41, 5.74) is -1.78. The van der Waals surface area contributed by atoms with Crippen LogP contribution in [0, 0.1) is 27.7 Å². The lowest BCUT2D eigenvalue weighted by molar-refractivity contribution is -0.387. The Kier molecular flexibility index (Phi) is 5.38. The molecule has 0 spiro atoms. The van der Waals surface area contributed by atoms with Gasteiger partial charge >= 0.3 is 5.69 Å². The van der Waals surface area contributed by atoms with Crippen molar-refractivity contribution in [1.29, 1.82) is 0 Å². The number of rotatable bonds is 5. The highest BCUT2D eigenvalue weighted by atomic mass is 35.5. The van der Waals surface area contributed by atoms with Gasteiger partial charge in [0.15, 0.2) is 0 Å². The van der Waals surface area contributed by atoms with Crippen LogP contribution in [0.3, 0.4) is 0 Å². The molecule has 110 valence electrons. The van der Waals surface area contributed by atoms with Crippen LogP contribution in [-0.2, 0) is 0 Å². The third-order valence-corrected chi connectivity index (χ3v) is 3.40. The molecule has 20 heavy (non-hydrogen) atoms. The second kappa shape index (κ2) is 6.60. The largest absolute Gasteiger partial charge is 0.349 e. The lowest BCUT2D eigenvalue weighted by atomic mass is 10.1. The second-order valence-corrected chi connectivity index (χ2v) is 4.75. The van der Waals surface area contributed by atoms with Crippen LogP contribution in [0.2, 0.25) is 0 Å². The van der Waals surface area contributed by atoms with Gasteiger partial charge in [0.2, 0.25) is 5.82 Å². The van der Waals surface area contributed by atoms with Gasteiger partial charge in [0, 0.05) is 11.9 Å². The molecule has 0 radical (unpaired) electrons. The van der Waals surface area contributed by atoms with Gasteiger partial charge in [0.05, 0.1) is 16.6 Å². The van der Waals surface area contributed by atoms with E-state index in [2.05, 4.69) is 5.32 Å². The van der Waals surface area contributed by atoms with Gasteiger partial charge in [0.25, 0.3) is 5.91 Å². The van der Waals surface area contributed by atoms with E-state index >= 15 is 0 Å². The van der Waals surface area contributed by atoms with Crippen LogP contribution in [0.1, 0.15) is 24.2 Å². The summed E-state index contributed by atoms with van der Waals surface area (Å²) in [6.45, 7) is 3.42. The molecular formula is C12H13ClF2N2O3. The van der Waals surface area contributed by atoms with Crippen molar-refractivity contribution < 1.29 is 18.5 Å². The zero-order chi connectivity index (χ0) is 15.4. The molecule has 8 heteroatoms. The Labute approximate surface area is 119 Å². The Morgan fingerprint density at radius 1 is 1.45 bits per heavy atom. The molecule has 1 N–H and O–H groups in total. The van der Waals surface area contributed by atoms with Crippen molar-refractivity contribution in [2.24, 2.45) is 5.92 Å². The van der Waals surface area contributed by atoms with Gasteiger partial charge in [0.1, 0.15) is 5.82 Å². The highest BCUT2D eigenvalue weighted by molar-refractivity contribution is 6.18. The summed E-state index contributed by atoms with van der Waals surface area (Å²) in [7, 11) is 0. The average molecular weight is 307 g/mol. The van der Waals surface area contributed by atoms with Crippen LogP contribution in [0.25, 0.3) is 0 Å². The predicted molar refractivity (Wildman–Crippen MR) is 69.8 cm³/mol. The maximum absolute atomic E-state index is 13.8. The van der Waals surface area contributed by atoms with Gasteiger partial charge in [-0.25, -0.2) is 4.39 Å². The van der Waals surface area contributed by atoms with Crippen LogP contribution in [0.15, 0.2) is 12.1 Å². The lowest BCUT2D eigenvalue weighted by Crippen LogP contribution is -2.38. The molecule has 1 aromatic carbocycles. The summed E-state index contributed by atoms with van der Waals surface area (Å²) in [6, 6.07) is 0.661. The van der Waals surface area contributed by atoms with Gasteiger partial charge in [-0.05, 0) is 18.9 Å². The van der Waals surface area contributed by atoms with E-state index in [1.54, 1.807) is 13.8 Å². The van der Waals surface area contributed by atoms with E-state index in [4.69, 9.17) is 11.6 Å². The molecule has 1 rings (SSSR count). The SMILES string of the molecule is CC(CCl)C(C)NC(=O)c1cc(F)cc([N+](=O)[O-])c1F. The molecule has 0 aliphatic carbocycles. The number of nitro benzene ring substituents is 1. The van der Waals surface area contributed by atoms with Gasteiger partial charge in [-0.15, -0.1) is 11.6 Å². The van der Waals surface area contributed by atoms with Crippen molar-refractivity contribution in [1.82, 2.24) is 5.32 Å². The van der Waals surface area contributed by atoms with Crippen LogP contribution in [-0.4, -0.2) is 22.8 Å². The van der Waals surface area contributed by atoms with E-state index in [9.17, 15) is 23.7 Å². The number of nitro groups is 1. The fourth-order valence-corrected chi connectivity index (χ4v) is 1.70. The quantitative estimate of drug-likeness (QED) is 0.516. The molecule has 0 heterocycles. The molecule has 0 aliphatic rings.